The molecule has 0 radical (unpaired) electrons. The van der Waals surface area contributed by atoms with Crippen LogP contribution in [0.4, 0.5) is 4.39 Å². The van der Waals surface area contributed by atoms with Gasteiger partial charge in [0.25, 0.3) is 0 Å². The zero-order chi connectivity index (χ0) is 12.1. The Hall–Kier alpha value is -0.620. The van der Waals surface area contributed by atoms with E-state index in [2.05, 4.69) is 0 Å². The summed E-state index contributed by atoms with van der Waals surface area (Å²) in [6.07, 6.45) is -0.797. The van der Waals surface area contributed by atoms with Gasteiger partial charge in [0.05, 0.1) is 12.7 Å². The number of nitrogens with two attached hydrogens (primary N) is 1. The van der Waals surface area contributed by atoms with Gasteiger partial charge in [-0.25, -0.2) is 4.39 Å². The van der Waals surface area contributed by atoms with Crippen molar-refractivity contribution in [2.75, 3.05) is 12.4 Å². The van der Waals surface area contributed by atoms with Gasteiger partial charge in [-0.15, -0.1) is 11.8 Å². The lowest BCUT2D eigenvalue weighted by Gasteiger charge is -2.14. The molecule has 0 fully saturated rings. The van der Waals surface area contributed by atoms with Crippen molar-refractivity contribution in [2.45, 2.75) is 24.0 Å². The van der Waals surface area contributed by atoms with Gasteiger partial charge in [-0.1, -0.05) is 6.07 Å². The first-order valence-corrected chi connectivity index (χ1v) is 6.00. The van der Waals surface area contributed by atoms with Gasteiger partial charge in [0.1, 0.15) is 5.82 Å². The van der Waals surface area contributed by atoms with Gasteiger partial charge >= 0.3 is 0 Å². The van der Waals surface area contributed by atoms with Crippen LogP contribution in [0.1, 0.15) is 18.5 Å². The number of halogens is 1. The van der Waals surface area contributed by atoms with E-state index >= 15 is 0 Å². The normalized spacial score (nSPS) is 14.8. The summed E-state index contributed by atoms with van der Waals surface area (Å²) in [6, 6.07) is 4.34. The van der Waals surface area contributed by atoms with Crippen LogP contribution in [-0.4, -0.2) is 28.7 Å². The fraction of sp³-hybridized carbons (Fsp3) is 0.455. The summed E-state index contributed by atoms with van der Waals surface area (Å²) in [4.78, 5) is 0.711. The Labute approximate surface area is 98.5 Å². The maximum absolute atomic E-state index is 13.5. The molecule has 0 aliphatic heterocycles. The van der Waals surface area contributed by atoms with E-state index < -0.39 is 12.1 Å². The molecule has 0 heterocycles. The van der Waals surface area contributed by atoms with Crippen molar-refractivity contribution >= 4 is 11.8 Å². The molecule has 0 amide bonds. The first kappa shape index (κ1) is 13.4. The first-order chi connectivity index (χ1) is 7.56. The molecule has 0 aliphatic rings. The molecule has 0 bridgehead atoms. The highest BCUT2D eigenvalue weighted by atomic mass is 32.2. The summed E-state index contributed by atoms with van der Waals surface area (Å²) in [7, 11) is 0. The molecule has 0 spiro atoms. The molecule has 0 saturated carbocycles. The summed E-state index contributed by atoms with van der Waals surface area (Å²) in [5.41, 5.74) is 6.15. The summed E-state index contributed by atoms with van der Waals surface area (Å²) < 4.78 is 13.5. The van der Waals surface area contributed by atoms with Crippen molar-refractivity contribution in [2.24, 2.45) is 5.73 Å². The topological polar surface area (TPSA) is 66.5 Å². The van der Waals surface area contributed by atoms with Crippen LogP contribution in [0.5, 0.6) is 0 Å². The van der Waals surface area contributed by atoms with Crippen molar-refractivity contribution in [1.29, 1.82) is 0 Å². The average molecular weight is 245 g/mol. The van der Waals surface area contributed by atoms with Crippen molar-refractivity contribution in [1.82, 2.24) is 0 Å². The predicted molar refractivity (Wildman–Crippen MR) is 62.8 cm³/mol. The SMILES string of the molecule is CC(N)c1c(F)cccc1SCC(O)CO. The minimum Gasteiger partial charge on any atom is -0.394 e. The van der Waals surface area contributed by atoms with Gasteiger partial charge < -0.3 is 15.9 Å². The molecular weight excluding hydrogens is 229 g/mol. The molecule has 1 rings (SSSR count). The molecule has 90 valence electrons. The van der Waals surface area contributed by atoms with Gasteiger partial charge in [0, 0.05) is 22.3 Å². The van der Waals surface area contributed by atoms with E-state index in [-0.39, 0.29) is 12.4 Å². The van der Waals surface area contributed by atoms with Crippen LogP contribution in [0.3, 0.4) is 0 Å². The molecule has 5 heteroatoms. The Balaban J connectivity index is 2.83. The van der Waals surface area contributed by atoms with Crippen molar-refractivity contribution in [3.05, 3.63) is 29.6 Å². The highest BCUT2D eigenvalue weighted by Gasteiger charge is 2.13. The van der Waals surface area contributed by atoms with Crippen LogP contribution in [0.2, 0.25) is 0 Å². The van der Waals surface area contributed by atoms with E-state index in [0.717, 1.165) is 0 Å². The van der Waals surface area contributed by atoms with E-state index in [0.29, 0.717) is 16.2 Å². The Bertz CT molecular complexity index is 347. The third kappa shape index (κ3) is 3.45. The lowest BCUT2D eigenvalue weighted by Crippen LogP contribution is -2.15. The molecular formula is C11H16FNO2S. The summed E-state index contributed by atoms with van der Waals surface area (Å²) >= 11 is 1.29. The lowest BCUT2D eigenvalue weighted by molar-refractivity contribution is 0.113. The second-order valence-electron chi connectivity index (χ2n) is 3.59. The second kappa shape index (κ2) is 6.20. The Morgan fingerprint density at radius 2 is 2.19 bits per heavy atom. The van der Waals surface area contributed by atoms with Crippen LogP contribution < -0.4 is 5.73 Å². The third-order valence-electron chi connectivity index (χ3n) is 2.11. The molecule has 4 N–H and O–H groups in total. The van der Waals surface area contributed by atoms with E-state index in [1.807, 2.05) is 0 Å². The van der Waals surface area contributed by atoms with E-state index in [1.54, 1.807) is 19.1 Å². The van der Waals surface area contributed by atoms with Gasteiger partial charge in [0.15, 0.2) is 0 Å². The van der Waals surface area contributed by atoms with E-state index in [9.17, 15) is 9.50 Å². The smallest absolute Gasteiger partial charge is 0.129 e. The molecule has 2 atom stereocenters. The Morgan fingerprint density at radius 3 is 2.75 bits per heavy atom. The monoisotopic (exact) mass is 245 g/mol. The van der Waals surface area contributed by atoms with Crippen molar-refractivity contribution in [3.8, 4) is 0 Å². The van der Waals surface area contributed by atoms with E-state index in [1.165, 1.54) is 17.8 Å². The number of aliphatic hydroxyl groups is 2. The summed E-state index contributed by atoms with van der Waals surface area (Å²) in [5, 5.41) is 17.9. The number of aliphatic hydroxyl groups excluding tert-OH is 2. The van der Waals surface area contributed by atoms with Crippen LogP contribution in [0.15, 0.2) is 23.1 Å². The fourth-order valence-corrected chi connectivity index (χ4v) is 2.41. The number of rotatable bonds is 5. The van der Waals surface area contributed by atoms with Gasteiger partial charge in [-0.05, 0) is 19.1 Å². The minimum atomic E-state index is -0.797. The molecule has 0 aliphatic carbocycles. The maximum atomic E-state index is 13.5. The first-order valence-electron chi connectivity index (χ1n) is 5.02. The molecule has 1 aromatic rings. The predicted octanol–water partition coefficient (Wildman–Crippen LogP) is 1.29. The Morgan fingerprint density at radius 1 is 1.50 bits per heavy atom. The minimum absolute atomic E-state index is 0.296. The zero-order valence-corrected chi connectivity index (χ0v) is 9.88. The van der Waals surface area contributed by atoms with Crippen LogP contribution in [-0.2, 0) is 0 Å². The van der Waals surface area contributed by atoms with E-state index in [4.69, 9.17) is 10.8 Å². The quantitative estimate of drug-likeness (QED) is 0.684. The second-order valence-corrected chi connectivity index (χ2v) is 4.65. The van der Waals surface area contributed by atoms with Gasteiger partial charge in [-0.3, -0.25) is 0 Å². The Kier molecular flexibility index (Phi) is 5.21. The molecule has 0 saturated heterocycles. The van der Waals surface area contributed by atoms with Crippen LogP contribution >= 0.6 is 11.8 Å². The highest BCUT2D eigenvalue weighted by molar-refractivity contribution is 7.99. The number of thioether (sulfide) groups is 1. The summed E-state index contributed by atoms with van der Waals surface area (Å²) in [5.74, 6) is -0.0156. The highest BCUT2D eigenvalue weighted by Crippen LogP contribution is 2.29. The largest absolute Gasteiger partial charge is 0.394 e. The standard InChI is InChI=1S/C11H16FNO2S/c1-7(13)11-9(12)3-2-4-10(11)16-6-8(15)5-14/h2-4,7-8,14-15H,5-6,13H2,1H3. The number of benzene rings is 1. The summed E-state index contributed by atoms with van der Waals surface area (Å²) in [6.45, 7) is 1.42. The number of hydrogen-bond acceptors (Lipinski definition) is 4. The molecule has 1 aromatic carbocycles. The molecule has 3 nitrogen and oxygen atoms in total. The number of hydrogen-bond donors (Lipinski definition) is 3. The lowest BCUT2D eigenvalue weighted by atomic mass is 10.1. The molecule has 2 unspecified atom stereocenters. The van der Waals surface area contributed by atoms with Crippen LogP contribution in [0, 0.1) is 5.82 Å². The van der Waals surface area contributed by atoms with Crippen LogP contribution in [0.25, 0.3) is 0 Å². The van der Waals surface area contributed by atoms with Crippen molar-refractivity contribution < 1.29 is 14.6 Å². The molecule has 16 heavy (non-hydrogen) atoms. The van der Waals surface area contributed by atoms with Crippen molar-refractivity contribution in [3.63, 3.8) is 0 Å². The third-order valence-corrected chi connectivity index (χ3v) is 3.33. The fourth-order valence-electron chi connectivity index (χ4n) is 1.32. The maximum Gasteiger partial charge on any atom is 0.129 e. The zero-order valence-electron chi connectivity index (χ0n) is 9.06. The van der Waals surface area contributed by atoms with Gasteiger partial charge in [-0.2, -0.15) is 0 Å². The van der Waals surface area contributed by atoms with Gasteiger partial charge in [0.2, 0.25) is 0 Å². The molecule has 0 aromatic heterocycles. The average Bonchev–Trinajstić information content (AvgIpc) is 2.25.